The number of hydrogen-bond acceptors (Lipinski definition) is 1. The molecule has 1 atom stereocenters. The Hall–Kier alpha value is -1.60. The van der Waals surface area contributed by atoms with Crippen molar-refractivity contribution in [3.05, 3.63) is 71.3 Å². The Bertz CT molecular complexity index is 485. The van der Waals surface area contributed by atoms with E-state index in [0.29, 0.717) is 5.92 Å². The molecule has 1 nitrogen and oxygen atoms in total. The molecule has 1 N–H and O–H groups in total. The van der Waals surface area contributed by atoms with Crippen molar-refractivity contribution in [2.45, 2.75) is 38.7 Å². The van der Waals surface area contributed by atoms with Gasteiger partial charge in [-0.05, 0) is 35.4 Å². The van der Waals surface area contributed by atoms with Gasteiger partial charge in [-0.3, -0.25) is 0 Å². The topological polar surface area (TPSA) is 20.2 Å². The van der Waals surface area contributed by atoms with Crippen molar-refractivity contribution >= 4 is 0 Å². The first-order chi connectivity index (χ1) is 9.16. The Balaban J connectivity index is 1.94. The largest absolute Gasteiger partial charge is 0.388 e. The highest BCUT2D eigenvalue weighted by atomic mass is 16.3. The van der Waals surface area contributed by atoms with E-state index in [1.54, 1.807) is 0 Å². The van der Waals surface area contributed by atoms with Gasteiger partial charge in [0.25, 0.3) is 0 Å². The van der Waals surface area contributed by atoms with Gasteiger partial charge in [-0.1, -0.05) is 68.4 Å². The Morgan fingerprint density at radius 2 is 1.42 bits per heavy atom. The van der Waals surface area contributed by atoms with Crippen molar-refractivity contribution in [2.75, 3.05) is 0 Å². The third-order valence-electron chi connectivity index (χ3n) is 3.54. The number of aliphatic hydroxyl groups excluding tert-OH is 1. The second kappa shape index (κ2) is 6.53. The predicted molar refractivity (Wildman–Crippen MR) is 80.3 cm³/mol. The van der Waals surface area contributed by atoms with Crippen LogP contribution in [-0.4, -0.2) is 5.11 Å². The smallest absolute Gasteiger partial charge is 0.0793 e. The second-order valence-corrected chi connectivity index (χ2v) is 5.36. The first-order valence-electron chi connectivity index (χ1n) is 6.98. The van der Waals surface area contributed by atoms with Crippen molar-refractivity contribution in [3.63, 3.8) is 0 Å². The quantitative estimate of drug-likeness (QED) is 0.834. The maximum absolute atomic E-state index is 10.2. The SMILES string of the molecule is CC(C)c1ccc(C(O)CCc2ccccc2)cc1. The van der Waals surface area contributed by atoms with Crippen molar-refractivity contribution < 1.29 is 5.11 Å². The summed E-state index contributed by atoms with van der Waals surface area (Å²) in [4.78, 5) is 0. The molecule has 0 saturated heterocycles. The molecule has 100 valence electrons. The van der Waals surface area contributed by atoms with Gasteiger partial charge in [-0.2, -0.15) is 0 Å². The molecule has 0 bridgehead atoms. The van der Waals surface area contributed by atoms with E-state index < -0.39 is 0 Å². The molecule has 0 amide bonds. The van der Waals surface area contributed by atoms with Crippen LogP contribution in [0.15, 0.2) is 54.6 Å². The zero-order valence-electron chi connectivity index (χ0n) is 11.7. The van der Waals surface area contributed by atoms with Crippen molar-refractivity contribution in [1.82, 2.24) is 0 Å². The van der Waals surface area contributed by atoms with Gasteiger partial charge in [0.1, 0.15) is 0 Å². The van der Waals surface area contributed by atoms with E-state index in [1.807, 2.05) is 30.3 Å². The van der Waals surface area contributed by atoms with Crippen LogP contribution in [0.2, 0.25) is 0 Å². The molecule has 0 aromatic heterocycles. The maximum Gasteiger partial charge on any atom is 0.0793 e. The molecule has 2 aromatic carbocycles. The lowest BCUT2D eigenvalue weighted by Gasteiger charge is -2.12. The molecule has 1 heteroatoms. The molecular formula is C18H22O. The van der Waals surface area contributed by atoms with Crippen LogP contribution in [0.25, 0.3) is 0 Å². The average molecular weight is 254 g/mol. The van der Waals surface area contributed by atoms with Crippen LogP contribution in [-0.2, 0) is 6.42 Å². The molecule has 0 aliphatic heterocycles. The van der Waals surface area contributed by atoms with Crippen LogP contribution in [0, 0.1) is 0 Å². The zero-order chi connectivity index (χ0) is 13.7. The van der Waals surface area contributed by atoms with Gasteiger partial charge >= 0.3 is 0 Å². The third-order valence-corrected chi connectivity index (χ3v) is 3.54. The molecule has 0 saturated carbocycles. The van der Waals surface area contributed by atoms with Crippen molar-refractivity contribution in [2.24, 2.45) is 0 Å². The van der Waals surface area contributed by atoms with E-state index in [1.165, 1.54) is 11.1 Å². The van der Waals surface area contributed by atoms with Crippen LogP contribution >= 0.6 is 0 Å². The molecule has 1 unspecified atom stereocenters. The summed E-state index contributed by atoms with van der Waals surface area (Å²) in [7, 11) is 0. The van der Waals surface area contributed by atoms with E-state index in [-0.39, 0.29) is 6.10 Å². The van der Waals surface area contributed by atoms with Gasteiger partial charge in [-0.25, -0.2) is 0 Å². The fraction of sp³-hybridized carbons (Fsp3) is 0.333. The Morgan fingerprint density at radius 1 is 0.842 bits per heavy atom. The minimum Gasteiger partial charge on any atom is -0.388 e. The maximum atomic E-state index is 10.2. The lowest BCUT2D eigenvalue weighted by Crippen LogP contribution is -2.00. The van der Waals surface area contributed by atoms with E-state index in [0.717, 1.165) is 18.4 Å². The lowest BCUT2D eigenvalue weighted by atomic mass is 9.97. The molecule has 2 aromatic rings. The molecule has 0 spiro atoms. The van der Waals surface area contributed by atoms with E-state index in [2.05, 4.69) is 38.1 Å². The molecule has 0 radical (unpaired) electrons. The van der Waals surface area contributed by atoms with Gasteiger partial charge in [0.2, 0.25) is 0 Å². The van der Waals surface area contributed by atoms with Crippen molar-refractivity contribution in [3.8, 4) is 0 Å². The van der Waals surface area contributed by atoms with Crippen LogP contribution in [0.1, 0.15) is 49.0 Å². The van der Waals surface area contributed by atoms with E-state index in [9.17, 15) is 5.11 Å². The summed E-state index contributed by atoms with van der Waals surface area (Å²) in [6.45, 7) is 4.36. The number of aryl methyl sites for hydroxylation is 1. The van der Waals surface area contributed by atoms with Crippen LogP contribution in [0.3, 0.4) is 0 Å². The molecular weight excluding hydrogens is 232 g/mol. The normalized spacial score (nSPS) is 12.6. The average Bonchev–Trinajstić information content (AvgIpc) is 2.46. The Kier molecular flexibility index (Phi) is 4.75. The van der Waals surface area contributed by atoms with Crippen LogP contribution in [0.4, 0.5) is 0 Å². The summed E-state index contributed by atoms with van der Waals surface area (Å²) in [6.07, 6.45) is 1.31. The second-order valence-electron chi connectivity index (χ2n) is 5.36. The summed E-state index contributed by atoms with van der Waals surface area (Å²) >= 11 is 0. The minimum absolute atomic E-state index is 0.374. The number of hydrogen-bond donors (Lipinski definition) is 1. The summed E-state index contributed by atoms with van der Waals surface area (Å²) < 4.78 is 0. The number of aliphatic hydroxyl groups is 1. The Morgan fingerprint density at radius 3 is 2.00 bits per heavy atom. The van der Waals surface area contributed by atoms with Crippen LogP contribution < -0.4 is 0 Å². The minimum atomic E-state index is -0.374. The van der Waals surface area contributed by atoms with E-state index >= 15 is 0 Å². The fourth-order valence-corrected chi connectivity index (χ4v) is 2.22. The standard InChI is InChI=1S/C18H22O/c1-14(2)16-9-11-17(12-10-16)18(19)13-8-15-6-4-3-5-7-15/h3-7,9-12,14,18-19H,8,13H2,1-2H3. The molecule has 19 heavy (non-hydrogen) atoms. The molecule has 2 rings (SSSR count). The summed E-state index contributed by atoms with van der Waals surface area (Å²) in [5, 5.41) is 10.2. The van der Waals surface area contributed by atoms with Gasteiger partial charge in [0, 0.05) is 0 Å². The zero-order valence-corrected chi connectivity index (χ0v) is 11.7. The highest BCUT2D eigenvalue weighted by molar-refractivity contribution is 5.26. The summed E-state index contributed by atoms with van der Waals surface area (Å²) in [5.74, 6) is 0.538. The highest BCUT2D eigenvalue weighted by Crippen LogP contribution is 2.22. The van der Waals surface area contributed by atoms with Gasteiger partial charge in [0.15, 0.2) is 0 Å². The summed E-state index contributed by atoms with van der Waals surface area (Å²) in [5.41, 5.74) is 3.61. The number of benzene rings is 2. The third kappa shape index (κ3) is 3.93. The Labute approximate surface area is 115 Å². The van der Waals surface area contributed by atoms with Gasteiger partial charge < -0.3 is 5.11 Å². The monoisotopic (exact) mass is 254 g/mol. The molecule has 0 aliphatic rings. The van der Waals surface area contributed by atoms with Gasteiger partial charge in [-0.15, -0.1) is 0 Å². The predicted octanol–water partition coefficient (Wildman–Crippen LogP) is 4.48. The molecule has 0 aliphatic carbocycles. The molecule has 0 heterocycles. The van der Waals surface area contributed by atoms with Crippen molar-refractivity contribution in [1.29, 1.82) is 0 Å². The first kappa shape index (κ1) is 13.8. The lowest BCUT2D eigenvalue weighted by molar-refractivity contribution is 0.168. The number of rotatable bonds is 5. The summed E-state index contributed by atoms with van der Waals surface area (Å²) in [6, 6.07) is 18.6. The van der Waals surface area contributed by atoms with Crippen LogP contribution in [0.5, 0.6) is 0 Å². The first-order valence-corrected chi connectivity index (χ1v) is 6.98. The van der Waals surface area contributed by atoms with Gasteiger partial charge in [0.05, 0.1) is 6.10 Å². The fourth-order valence-electron chi connectivity index (χ4n) is 2.22. The highest BCUT2D eigenvalue weighted by Gasteiger charge is 2.08. The molecule has 0 fully saturated rings. The van der Waals surface area contributed by atoms with E-state index in [4.69, 9.17) is 0 Å².